The third kappa shape index (κ3) is 2.29. The Bertz CT molecular complexity index is 885. The topological polar surface area (TPSA) is 59.7 Å². The third-order valence-corrected chi connectivity index (χ3v) is 3.58. The van der Waals surface area contributed by atoms with E-state index in [1.165, 1.54) is 19.2 Å². The van der Waals surface area contributed by atoms with Gasteiger partial charge >= 0.3 is 5.97 Å². The molecule has 112 valence electrons. The van der Waals surface area contributed by atoms with Gasteiger partial charge in [-0.2, -0.15) is 0 Å². The molecule has 0 fully saturated rings. The summed E-state index contributed by atoms with van der Waals surface area (Å²) in [5, 5.41) is 9.79. The lowest BCUT2D eigenvalue weighted by atomic mass is 10.1. The van der Waals surface area contributed by atoms with E-state index in [2.05, 4.69) is 0 Å². The van der Waals surface area contributed by atoms with Crippen LogP contribution in [0.1, 0.15) is 10.4 Å². The molecule has 4 nitrogen and oxygen atoms in total. The summed E-state index contributed by atoms with van der Waals surface area (Å²) in [6, 6.07) is 8.78. The number of carbonyl (C=O) groups is 1. The van der Waals surface area contributed by atoms with Crippen LogP contribution in [0.5, 0.6) is 5.75 Å². The third-order valence-electron chi connectivity index (χ3n) is 3.29. The van der Waals surface area contributed by atoms with Gasteiger partial charge in [-0.05, 0) is 36.4 Å². The zero-order valence-electron chi connectivity index (χ0n) is 11.4. The Kier molecular flexibility index (Phi) is 3.50. The summed E-state index contributed by atoms with van der Waals surface area (Å²) >= 11 is 5.76. The highest BCUT2D eigenvalue weighted by atomic mass is 35.5. The van der Waals surface area contributed by atoms with Crippen molar-refractivity contribution in [3.8, 4) is 17.1 Å². The number of hydrogen-bond donors (Lipinski definition) is 1. The van der Waals surface area contributed by atoms with Crippen molar-refractivity contribution in [1.82, 2.24) is 0 Å². The number of carboxylic acids is 1. The van der Waals surface area contributed by atoms with Gasteiger partial charge in [0.2, 0.25) is 0 Å². The minimum atomic E-state index is -1.15. The van der Waals surface area contributed by atoms with Gasteiger partial charge < -0.3 is 14.3 Å². The van der Waals surface area contributed by atoms with Gasteiger partial charge in [-0.3, -0.25) is 0 Å². The van der Waals surface area contributed by atoms with Crippen molar-refractivity contribution in [1.29, 1.82) is 0 Å². The average molecular weight is 321 g/mol. The van der Waals surface area contributed by atoms with E-state index in [0.717, 1.165) is 6.07 Å². The molecule has 0 spiro atoms. The minimum Gasteiger partial charge on any atom is -0.497 e. The number of halogens is 2. The van der Waals surface area contributed by atoms with Crippen molar-refractivity contribution in [3.63, 3.8) is 0 Å². The van der Waals surface area contributed by atoms with Crippen LogP contribution in [0.4, 0.5) is 4.39 Å². The summed E-state index contributed by atoms with van der Waals surface area (Å²) in [5.41, 5.74) is 0.768. The Balaban J connectivity index is 2.30. The second-order valence-corrected chi connectivity index (χ2v) is 5.01. The van der Waals surface area contributed by atoms with Gasteiger partial charge in [-0.15, -0.1) is 0 Å². The molecule has 0 saturated heterocycles. The molecule has 6 heteroatoms. The zero-order valence-corrected chi connectivity index (χ0v) is 12.1. The largest absolute Gasteiger partial charge is 0.497 e. The van der Waals surface area contributed by atoms with Gasteiger partial charge in [-0.25, -0.2) is 9.18 Å². The van der Waals surface area contributed by atoms with Crippen LogP contribution in [0.2, 0.25) is 5.02 Å². The summed E-state index contributed by atoms with van der Waals surface area (Å²) in [6.45, 7) is 0. The van der Waals surface area contributed by atoms with E-state index in [9.17, 15) is 14.3 Å². The highest BCUT2D eigenvalue weighted by molar-refractivity contribution is 6.31. The van der Waals surface area contributed by atoms with Crippen LogP contribution >= 0.6 is 11.6 Å². The van der Waals surface area contributed by atoms with Crippen molar-refractivity contribution < 1.29 is 23.4 Å². The van der Waals surface area contributed by atoms with Crippen LogP contribution in [-0.2, 0) is 0 Å². The summed E-state index contributed by atoms with van der Waals surface area (Å²) in [6.07, 6.45) is 0. The summed E-state index contributed by atoms with van der Waals surface area (Å²) in [7, 11) is 1.49. The van der Waals surface area contributed by atoms with Gasteiger partial charge in [0.1, 0.15) is 28.5 Å². The fraction of sp³-hybridized carbons (Fsp3) is 0.0625. The molecular formula is C16H10ClFO4. The number of ether oxygens (including phenoxy) is 1. The van der Waals surface area contributed by atoms with E-state index in [4.69, 9.17) is 20.8 Å². The van der Waals surface area contributed by atoms with Gasteiger partial charge in [0, 0.05) is 10.9 Å². The lowest BCUT2D eigenvalue weighted by Crippen LogP contribution is -1.97. The minimum absolute atomic E-state index is 0.0171. The highest BCUT2D eigenvalue weighted by Crippen LogP contribution is 2.36. The van der Waals surface area contributed by atoms with E-state index in [0.29, 0.717) is 22.3 Å². The second kappa shape index (κ2) is 5.35. The van der Waals surface area contributed by atoms with Gasteiger partial charge in [0.15, 0.2) is 0 Å². The zero-order chi connectivity index (χ0) is 15.9. The molecule has 3 aromatic rings. The molecule has 2 aromatic carbocycles. The number of methoxy groups -OCH3 is 1. The SMILES string of the molecule is COc1ccc2oc(-c3ccc(F)c(Cl)c3)c(C(=O)O)c2c1. The standard InChI is InChI=1S/C16H10ClFO4/c1-21-9-3-5-13-10(7-9)14(16(19)20)15(22-13)8-2-4-12(18)11(17)6-8/h2-7H,1H3,(H,19,20). The smallest absolute Gasteiger partial charge is 0.340 e. The molecule has 0 radical (unpaired) electrons. The molecule has 0 aliphatic carbocycles. The van der Waals surface area contributed by atoms with E-state index < -0.39 is 11.8 Å². The first-order valence-corrected chi connectivity index (χ1v) is 6.68. The predicted octanol–water partition coefficient (Wildman–Crippen LogP) is 4.60. The summed E-state index contributed by atoms with van der Waals surface area (Å²) < 4.78 is 24.0. The number of fused-ring (bicyclic) bond motifs is 1. The molecule has 1 aromatic heterocycles. The molecule has 1 heterocycles. The Morgan fingerprint density at radius 1 is 1.27 bits per heavy atom. The van der Waals surface area contributed by atoms with Gasteiger partial charge in [0.05, 0.1) is 12.1 Å². The Hall–Kier alpha value is -2.53. The van der Waals surface area contributed by atoms with Crippen molar-refractivity contribution in [2.75, 3.05) is 7.11 Å². The first-order valence-electron chi connectivity index (χ1n) is 6.30. The van der Waals surface area contributed by atoms with Crippen molar-refractivity contribution in [3.05, 3.63) is 52.8 Å². The fourth-order valence-corrected chi connectivity index (χ4v) is 2.44. The number of hydrogen-bond acceptors (Lipinski definition) is 3. The molecule has 0 unspecified atom stereocenters. The normalized spacial score (nSPS) is 10.9. The van der Waals surface area contributed by atoms with Crippen LogP contribution in [-0.4, -0.2) is 18.2 Å². The average Bonchev–Trinajstić information content (AvgIpc) is 2.88. The maximum absolute atomic E-state index is 13.3. The lowest BCUT2D eigenvalue weighted by Gasteiger charge is -2.01. The number of carboxylic acid groups (broad SMARTS) is 1. The Morgan fingerprint density at radius 3 is 2.68 bits per heavy atom. The molecule has 3 rings (SSSR count). The molecule has 0 aliphatic rings. The molecular weight excluding hydrogens is 311 g/mol. The molecule has 1 N–H and O–H groups in total. The number of aromatic carboxylic acids is 1. The molecule has 0 bridgehead atoms. The molecule has 22 heavy (non-hydrogen) atoms. The van der Waals surface area contributed by atoms with E-state index in [1.54, 1.807) is 18.2 Å². The second-order valence-electron chi connectivity index (χ2n) is 4.60. The van der Waals surface area contributed by atoms with E-state index >= 15 is 0 Å². The molecule has 0 aliphatic heterocycles. The van der Waals surface area contributed by atoms with Crippen molar-refractivity contribution in [2.24, 2.45) is 0 Å². The predicted molar refractivity (Wildman–Crippen MR) is 80.1 cm³/mol. The molecule has 0 saturated carbocycles. The Labute approximate surface area is 129 Å². The lowest BCUT2D eigenvalue weighted by molar-refractivity contribution is 0.0699. The monoisotopic (exact) mass is 320 g/mol. The number of benzene rings is 2. The molecule has 0 atom stereocenters. The quantitative estimate of drug-likeness (QED) is 0.766. The first kappa shape index (κ1) is 14.4. The highest BCUT2D eigenvalue weighted by Gasteiger charge is 2.22. The number of furan rings is 1. The number of rotatable bonds is 3. The molecule has 0 amide bonds. The maximum Gasteiger partial charge on any atom is 0.340 e. The fourth-order valence-electron chi connectivity index (χ4n) is 2.26. The van der Waals surface area contributed by atoms with Crippen LogP contribution < -0.4 is 4.74 Å². The Morgan fingerprint density at radius 2 is 2.05 bits per heavy atom. The summed E-state index contributed by atoms with van der Waals surface area (Å²) in [4.78, 5) is 11.6. The first-order chi connectivity index (χ1) is 10.5. The van der Waals surface area contributed by atoms with Crippen LogP contribution in [0, 0.1) is 5.82 Å². The van der Waals surface area contributed by atoms with Crippen molar-refractivity contribution in [2.45, 2.75) is 0 Å². The van der Waals surface area contributed by atoms with Crippen LogP contribution in [0.15, 0.2) is 40.8 Å². The summed E-state index contributed by atoms with van der Waals surface area (Å²) in [5.74, 6) is -1.10. The van der Waals surface area contributed by atoms with Crippen LogP contribution in [0.3, 0.4) is 0 Å². The van der Waals surface area contributed by atoms with Gasteiger partial charge in [-0.1, -0.05) is 11.6 Å². The van der Waals surface area contributed by atoms with E-state index in [-0.39, 0.29) is 16.3 Å². The van der Waals surface area contributed by atoms with Crippen molar-refractivity contribution >= 4 is 28.5 Å². The van der Waals surface area contributed by atoms with E-state index in [1.807, 2.05) is 0 Å². The van der Waals surface area contributed by atoms with Crippen LogP contribution in [0.25, 0.3) is 22.3 Å². The maximum atomic E-state index is 13.3. The van der Waals surface area contributed by atoms with Gasteiger partial charge in [0.25, 0.3) is 0 Å².